The molecule has 0 aliphatic heterocycles. The Morgan fingerprint density at radius 3 is 2.33 bits per heavy atom. The fourth-order valence-electron chi connectivity index (χ4n) is 2.81. The third kappa shape index (κ3) is 4.61. The first-order valence-electron chi connectivity index (χ1n) is 9.00. The first kappa shape index (κ1) is 19.2. The number of amides is 2. The largest absolute Gasteiger partial charge is 0.491 e. The molecule has 3 rings (SSSR count). The summed E-state index contributed by atoms with van der Waals surface area (Å²) in [6.07, 6.45) is 1.17. The normalized spacial score (nSPS) is 14.5. The Labute approximate surface area is 164 Å². The second kappa shape index (κ2) is 8.01. The molecule has 0 radical (unpaired) electrons. The van der Waals surface area contributed by atoms with E-state index in [-0.39, 0.29) is 17.9 Å². The molecule has 0 saturated heterocycles. The van der Waals surface area contributed by atoms with E-state index in [0.29, 0.717) is 30.1 Å². The Morgan fingerprint density at radius 1 is 1.07 bits per heavy atom. The number of nitrogens with one attached hydrogen (secondary N) is 2. The fraction of sp³-hybridized carbons (Fsp3) is 0.333. The summed E-state index contributed by atoms with van der Waals surface area (Å²) < 4.78 is 5.59. The number of carbonyl (C=O) groups is 2. The van der Waals surface area contributed by atoms with Crippen LogP contribution in [0.15, 0.2) is 48.5 Å². The van der Waals surface area contributed by atoms with E-state index in [1.54, 1.807) is 30.3 Å². The molecule has 1 aliphatic rings. The van der Waals surface area contributed by atoms with E-state index in [0.717, 1.165) is 11.3 Å². The lowest BCUT2D eigenvalue weighted by atomic mass is 10.0. The minimum atomic E-state index is -0.992. The molecule has 5 nitrogen and oxygen atoms in total. The van der Waals surface area contributed by atoms with Crippen molar-refractivity contribution in [2.45, 2.75) is 39.3 Å². The minimum absolute atomic E-state index is 0.0852. The van der Waals surface area contributed by atoms with Gasteiger partial charge in [-0.2, -0.15) is 0 Å². The third-order valence-electron chi connectivity index (χ3n) is 4.50. The van der Waals surface area contributed by atoms with Gasteiger partial charge in [0.25, 0.3) is 0 Å². The maximum Gasteiger partial charge on any atom is 0.240 e. The number of hydrogen-bond acceptors (Lipinski definition) is 3. The summed E-state index contributed by atoms with van der Waals surface area (Å²) >= 11 is 6.11. The fourth-order valence-corrected chi connectivity index (χ4v) is 3.01. The van der Waals surface area contributed by atoms with Crippen molar-refractivity contribution in [2.75, 3.05) is 5.32 Å². The molecular formula is C21H23ClN2O3. The Bertz CT molecular complexity index is 830. The zero-order valence-corrected chi connectivity index (χ0v) is 16.2. The van der Waals surface area contributed by atoms with Crippen LogP contribution in [0.4, 0.5) is 5.69 Å². The van der Waals surface area contributed by atoms with E-state index in [2.05, 4.69) is 10.6 Å². The molecule has 27 heavy (non-hydrogen) atoms. The van der Waals surface area contributed by atoms with E-state index < -0.39 is 5.41 Å². The molecule has 2 amide bonds. The summed E-state index contributed by atoms with van der Waals surface area (Å²) in [5.41, 5.74) is 0.472. The van der Waals surface area contributed by atoms with Gasteiger partial charge in [-0.05, 0) is 62.6 Å². The zero-order chi connectivity index (χ0) is 19.4. The number of halogens is 1. The summed E-state index contributed by atoms with van der Waals surface area (Å²) in [6.45, 7) is 4.20. The zero-order valence-electron chi connectivity index (χ0n) is 15.4. The quantitative estimate of drug-likeness (QED) is 0.702. The molecule has 0 spiro atoms. The van der Waals surface area contributed by atoms with Crippen LogP contribution in [-0.4, -0.2) is 17.9 Å². The second-order valence-corrected chi connectivity index (χ2v) is 7.41. The number of rotatable bonds is 7. The molecule has 0 unspecified atom stereocenters. The molecule has 1 saturated carbocycles. The summed E-state index contributed by atoms with van der Waals surface area (Å²) in [7, 11) is 0. The smallest absolute Gasteiger partial charge is 0.240 e. The molecule has 0 aromatic heterocycles. The van der Waals surface area contributed by atoms with Gasteiger partial charge in [0.05, 0.1) is 6.10 Å². The van der Waals surface area contributed by atoms with Crippen LogP contribution in [0.25, 0.3) is 0 Å². The summed E-state index contributed by atoms with van der Waals surface area (Å²) in [6, 6.07) is 14.5. The van der Waals surface area contributed by atoms with Crippen molar-refractivity contribution in [2.24, 2.45) is 5.41 Å². The Balaban J connectivity index is 1.58. The molecule has 2 aromatic rings. The minimum Gasteiger partial charge on any atom is -0.491 e. The molecule has 2 N–H and O–H groups in total. The average Bonchev–Trinajstić information content (AvgIpc) is 3.44. The molecule has 0 bridgehead atoms. The lowest BCUT2D eigenvalue weighted by Gasteiger charge is -2.16. The monoisotopic (exact) mass is 386 g/mol. The maximum atomic E-state index is 12.6. The summed E-state index contributed by atoms with van der Waals surface area (Å²) in [5, 5.41) is 6.26. The van der Waals surface area contributed by atoms with Crippen LogP contribution in [0, 0.1) is 5.41 Å². The number of hydrogen-bond donors (Lipinski definition) is 2. The predicted molar refractivity (Wildman–Crippen MR) is 106 cm³/mol. The highest BCUT2D eigenvalue weighted by Gasteiger charge is 2.56. The van der Waals surface area contributed by atoms with Crippen LogP contribution >= 0.6 is 11.6 Å². The number of anilines is 1. The van der Waals surface area contributed by atoms with Gasteiger partial charge in [-0.3, -0.25) is 9.59 Å². The predicted octanol–water partition coefficient (Wildman–Crippen LogP) is 4.16. The number of benzene rings is 2. The summed E-state index contributed by atoms with van der Waals surface area (Å²) in [5.74, 6) is 0.193. The van der Waals surface area contributed by atoms with Gasteiger partial charge >= 0.3 is 0 Å². The molecule has 6 heteroatoms. The van der Waals surface area contributed by atoms with Crippen LogP contribution in [-0.2, 0) is 16.1 Å². The summed E-state index contributed by atoms with van der Waals surface area (Å²) in [4.78, 5) is 25.2. The molecule has 142 valence electrons. The second-order valence-electron chi connectivity index (χ2n) is 7.00. The first-order chi connectivity index (χ1) is 12.9. The van der Waals surface area contributed by atoms with Crippen LogP contribution in [0.3, 0.4) is 0 Å². The van der Waals surface area contributed by atoms with E-state index in [9.17, 15) is 9.59 Å². The molecule has 2 aromatic carbocycles. The Morgan fingerprint density at radius 2 is 1.74 bits per heavy atom. The number of ether oxygens (including phenoxy) is 1. The van der Waals surface area contributed by atoms with Gasteiger partial charge in [0, 0.05) is 17.3 Å². The molecular weight excluding hydrogens is 364 g/mol. The van der Waals surface area contributed by atoms with Gasteiger partial charge in [-0.25, -0.2) is 0 Å². The Kier molecular flexibility index (Phi) is 5.71. The van der Waals surface area contributed by atoms with Gasteiger partial charge in [0.1, 0.15) is 11.2 Å². The first-order valence-corrected chi connectivity index (χ1v) is 9.38. The van der Waals surface area contributed by atoms with Crippen molar-refractivity contribution < 1.29 is 14.3 Å². The van der Waals surface area contributed by atoms with Crippen molar-refractivity contribution in [3.63, 3.8) is 0 Å². The van der Waals surface area contributed by atoms with Crippen molar-refractivity contribution >= 4 is 29.1 Å². The van der Waals surface area contributed by atoms with Gasteiger partial charge in [-0.1, -0.05) is 29.8 Å². The van der Waals surface area contributed by atoms with Gasteiger partial charge in [0.15, 0.2) is 0 Å². The van der Waals surface area contributed by atoms with Gasteiger partial charge in [0.2, 0.25) is 11.8 Å². The lowest BCUT2D eigenvalue weighted by Crippen LogP contribution is -2.39. The SMILES string of the molecule is CC(C)Oc1ccc(NC(=O)C2(C(=O)NCc3ccccc3Cl)CC2)cc1. The van der Waals surface area contributed by atoms with Crippen LogP contribution in [0.2, 0.25) is 5.02 Å². The van der Waals surface area contributed by atoms with E-state index in [1.165, 1.54) is 0 Å². The van der Waals surface area contributed by atoms with Crippen molar-refractivity contribution in [3.8, 4) is 5.75 Å². The van der Waals surface area contributed by atoms with E-state index in [4.69, 9.17) is 16.3 Å². The third-order valence-corrected chi connectivity index (χ3v) is 4.87. The highest BCUT2D eigenvalue weighted by molar-refractivity contribution is 6.31. The number of carbonyl (C=O) groups excluding carboxylic acids is 2. The van der Waals surface area contributed by atoms with E-state index in [1.807, 2.05) is 32.0 Å². The molecule has 0 heterocycles. The standard InChI is InChI=1S/C21H23ClN2O3/c1-14(2)27-17-9-7-16(8-10-17)24-20(26)21(11-12-21)19(25)23-13-15-5-3-4-6-18(15)22/h3-10,14H,11-13H2,1-2H3,(H,23,25)(H,24,26). The topological polar surface area (TPSA) is 67.4 Å². The van der Waals surface area contributed by atoms with Crippen LogP contribution in [0.5, 0.6) is 5.75 Å². The highest BCUT2D eigenvalue weighted by atomic mass is 35.5. The van der Waals surface area contributed by atoms with Crippen molar-refractivity contribution in [1.29, 1.82) is 0 Å². The Hall–Kier alpha value is -2.53. The van der Waals surface area contributed by atoms with E-state index >= 15 is 0 Å². The van der Waals surface area contributed by atoms with Gasteiger partial charge < -0.3 is 15.4 Å². The maximum absolute atomic E-state index is 12.6. The van der Waals surface area contributed by atoms with Crippen molar-refractivity contribution in [3.05, 3.63) is 59.1 Å². The van der Waals surface area contributed by atoms with Crippen LogP contribution < -0.4 is 15.4 Å². The van der Waals surface area contributed by atoms with Gasteiger partial charge in [-0.15, -0.1) is 0 Å². The molecule has 0 atom stereocenters. The average molecular weight is 387 g/mol. The van der Waals surface area contributed by atoms with Crippen molar-refractivity contribution in [1.82, 2.24) is 5.32 Å². The molecule has 1 aliphatic carbocycles. The molecule has 1 fully saturated rings. The highest BCUT2D eigenvalue weighted by Crippen LogP contribution is 2.47. The van der Waals surface area contributed by atoms with Crippen LogP contribution in [0.1, 0.15) is 32.3 Å². The lowest BCUT2D eigenvalue weighted by molar-refractivity contribution is -0.134.